The van der Waals surface area contributed by atoms with Gasteiger partial charge in [-0.3, -0.25) is 9.59 Å². The minimum atomic E-state index is -0.314. The Balaban J connectivity index is 1.96. The van der Waals surface area contributed by atoms with Gasteiger partial charge in [0.15, 0.2) is 5.78 Å². The smallest absolute Gasteiger partial charge is 0.310 e. The summed E-state index contributed by atoms with van der Waals surface area (Å²) in [5.41, 5.74) is 8.09. The van der Waals surface area contributed by atoms with E-state index < -0.39 is 0 Å². The van der Waals surface area contributed by atoms with Crippen LogP contribution in [0.25, 0.3) is 0 Å². The van der Waals surface area contributed by atoms with E-state index in [-0.39, 0.29) is 18.2 Å². The van der Waals surface area contributed by atoms with Gasteiger partial charge in [-0.2, -0.15) is 0 Å². The van der Waals surface area contributed by atoms with Crippen LogP contribution < -0.4 is 5.73 Å². The number of esters is 1. The van der Waals surface area contributed by atoms with Crippen LogP contribution in [0.15, 0.2) is 46.9 Å². The van der Waals surface area contributed by atoms with Gasteiger partial charge in [0.2, 0.25) is 0 Å². The Bertz CT molecular complexity index is 772. The van der Waals surface area contributed by atoms with Crippen molar-refractivity contribution in [3.8, 4) is 0 Å². The van der Waals surface area contributed by atoms with E-state index in [0.29, 0.717) is 29.0 Å². The maximum atomic E-state index is 12.7. The van der Waals surface area contributed by atoms with E-state index in [1.807, 2.05) is 12.1 Å². The van der Waals surface area contributed by atoms with E-state index in [0.717, 1.165) is 17.3 Å². The van der Waals surface area contributed by atoms with Crippen LogP contribution in [-0.4, -0.2) is 18.4 Å². The van der Waals surface area contributed by atoms with Crippen LogP contribution >= 0.6 is 15.9 Å². The molecule has 0 aliphatic carbocycles. The maximum absolute atomic E-state index is 12.7. The zero-order valence-corrected chi connectivity index (χ0v) is 17.3. The number of anilines is 1. The van der Waals surface area contributed by atoms with Crippen molar-refractivity contribution in [2.24, 2.45) is 0 Å². The molecule has 144 valence electrons. The first-order valence-electron chi connectivity index (χ1n) is 9.36. The second-order valence-electron chi connectivity index (χ2n) is 6.53. The lowest BCUT2D eigenvalue weighted by Crippen LogP contribution is -2.13. The van der Waals surface area contributed by atoms with Crippen molar-refractivity contribution in [1.82, 2.24) is 0 Å². The molecule has 4 nitrogen and oxygen atoms in total. The quantitative estimate of drug-likeness (QED) is 0.239. The molecule has 0 atom stereocenters. The van der Waals surface area contributed by atoms with Crippen LogP contribution in [0.3, 0.4) is 0 Å². The third-order valence-corrected chi connectivity index (χ3v) is 4.92. The molecule has 0 saturated heterocycles. The lowest BCUT2D eigenvalue weighted by atomic mass is 9.98. The molecular formula is C22H26BrNO3. The highest BCUT2D eigenvalue weighted by Crippen LogP contribution is 2.22. The minimum absolute atomic E-state index is 0.0717. The van der Waals surface area contributed by atoms with Gasteiger partial charge in [0.1, 0.15) is 0 Å². The van der Waals surface area contributed by atoms with Crippen molar-refractivity contribution in [3.05, 3.63) is 63.6 Å². The molecule has 5 heteroatoms. The van der Waals surface area contributed by atoms with Crippen LogP contribution in [0.4, 0.5) is 5.69 Å². The molecule has 0 unspecified atom stereocenters. The number of hydrogen-bond donors (Lipinski definition) is 1. The molecule has 0 amide bonds. The maximum Gasteiger partial charge on any atom is 0.310 e. The molecule has 27 heavy (non-hydrogen) atoms. The molecule has 0 radical (unpaired) electrons. The lowest BCUT2D eigenvalue weighted by Gasteiger charge is -2.11. The van der Waals surface area contributed by atoms with Crippen molar-refractivity contribution >= 4 is 33.4 Å². The SMILES string of the molecule is CCCCCCCOC(=O)Cc1cccc(C(=O)c2ccc(Br)cc2)c1N. The molecule has 0 saturated carbocycles. The number of carbonyl (C=O) groups is 2. The number of carbonyl (C=O) groups excluding carboxylic acids is 2. The highest BCUT2D eigenvalue weighted by atomic mass is 79.9. The lowest BCUT2D eigenvalue weighted by molar-refractivity contribution is -0.142. The predicted molar refractivity (Wildman–Crippen MR) is 112 cm³/mol. The van der Waals surface area contributed by atoms with E-state index in [9.17, 15) is 9.59 Å². The Morgan fingerprint density at radius 1 is 1.00 bits per heavy atom. The topological polar surface area (TPSA) is 69.4 Å². The van der Waals surface area contributed by atoms with Gasteiger partial charge in [-0.25, -0.2) is 0 Å². The van der Waals surface area contributed by atoms with E-state index in [2.05, 4.69) is 22.9 Å². The fraction of sp³-hybridized carbons (Fsp3) is 0.364. The normalized spacial score (nSPS) is 10.6. The first-order chi connectivity index (χ1) is 13.0. The van der Waals surface area contributed by atoms with Gasteiger partial charge in [-0.15, -0.1) is 0 Å². The number of rotatable bonds is 10. The summed E-state index contributed by atoms with van der Waals surface area (Å²) in [5, 5.41) is 0. The highest BCUT2D eigenvalue weighted by molar-refractivity contribution is 9.10. The van der Waals surface area contributed by atoms with Crippen molar-refractivity contribution in [2.45, 2.75) is 45.4 Å². The van der Waals surface area contributed by atoms with E-state index in [1.54, 1.807) is 30.3 Å². The zero-order chi connectivity index (χ0) is 19.6. The predicted octanol–water partition coefficient (Wildman–Crippen LogP) is 5.32. The number of nitrogen functional groups attached to an aromatic ring is 1. The van der Waals surface area contributed by atoms with Crippen LogP contribution in [0.1, 0.15) is 60.5 Å². The number of benzene rings is 2. The highest BCUT2D eigenvalue weighted by Gasteiger charge is 2.16. The number of hydrogen-bond acceptors (Lipinski definition) is 4. The van der Waals surface area contributed by atoms with Crippen molar-refractivity contribution in [3.63, 3.8) is 0 Å². The molecule has 2 N–H and O–H groups in total. The van der Waals surface area contributed by atoms with Crippen LogP contribution in [0.5, 0.6) is 0 Å². The molecule has 0 spiro atoms. The molecule has 0 aliphatic rings. The van der Waals surface area contributed by atoms with E-state index >= 15 is 0 Å². The van der Waals surface area contributed by atoms with Crippen molar-refractivity contribution < 1.29 is 14.3 Å². The fourth-order valence-electron chi connectivity index (χ4n) is 2.82. The Labute approximate surface area is 169 Å². The first kappa shape index (κ1) is 21.2. The third-order valence-electron chi connectivity index (χ3n) is 4.39. The Kier molecular flexibility index (Phi) is 8.52. The summed E-state index contributed by atoms with van der Waals surface area (Å²) in [6.45, 7) is 2.60. The largest absolute Gasteiger partial charge is 0.465 e. The summed E-state index contributed by atoms with van der Waals surface area (Å²) in [5.74, 6) is -0.475. The molecule has 0 heterocycles. The molecule has 0 bridgehead atoms. The summed E-state index contributed by atoms with van der Waals surface area (Å²) < 4.78 is 6.20. The van der Waals surface area contributed by atoms with Crippen LogP contribution in [-0.2, 0) is 16.0 Å². The Hall–Kier alpha value is -2.14. The number of para-hydroxylation sites is 1. The van der Waals surface area contributed by atoms with Gasteiger partial charge in [0, 0.05) is 21.3 Å². The number of ketones is 1. The first-order valence-corrected chi connectivity index (χ1v) is 10.2. The van der Waals surface area contributed by atoms with E-state index in [1.165, 1.54) is 19.3 Å². The van der Waals surface area contributed by atoms with Gasteiger partial charge in [-0.1, -0.05) is 60.7 Å². The van der Waals surface area contributed by atoms with Crippen LogP contribution in [0.2, 0.25) is 0 Å². The average molecular weight is 432 g/mol. The van der Waals surface area contributed by atoms with Gasteiger partial charge in [0.05, 0.1) is 13.0 Å². The zero-order valence-electron chi connectivity index (χ0n) is 15.7. The van der Waals surface area contributed by atoms with Gasteiger partial charge >= 0.3 is 5.97 Å². The summed E-state index contributed by atoms with van der Waals surface area (Å²) in [4.78, 5) is 24.8. The summed E-state index contributed by atoms with van der Waals surface area (Å²) in [6, 6.07) is 12.3. The van der Waals surface area contributed by atoms with Gasteiger partial charge in [-0.05, 0) is 42.3 Å². The molecular weight excluding hydrogens is 406 g/mol. The summed E-state index contributed by atoms with van der Waals surface area (Å²) >= 11 is 3.35. The molecule has 0 aromatic heterocycles. The average Bonchev–Trinajstić information content (AvgIpc) is 2.66. The number of nitrogens with two attached hydrogens (primary N) is 1. The van der Waals surface area contributed by atoms with Crippen LogP contribution in [0, 0.1) is 0 Å². The molecule has 0 aliphatic heterocycles. The van der Waals surface area contributed by atoms with Crippen molar-refractivity contribution in [1.29, 1.82) is 0 Å². The number of unbranched alkanes of at least 4 members (excludes halogenated alkanes) is 4. The monoisotopic (exact) mass is 431 g/mol. The number of ether oxygens (including phenoxy) is 1. The molecule has 0 fully saturated rings. The summed E-state index contributed by atoms with van der Waals surface area (Å²) in [6.07, 6.45) is 5.59. The van der Waals surface area contributed by atoms with E-state index in [4.69, 9.17) is 10.5 Å². The minimum Gasteiger partial charge on any atom is -0.465 e. The molecule has 2 aromatic carbocycles. The standard InChI is InChI=1S/C22H26BrNO3/c1-2-3-4-5-6-14-27-20(25)15-17-8-7-9-19(21(17)24)22(26)16-10-12-18(23)13-11-16/h7-13H,2-6,14-15,24H2,1H3. The van der Waals surface area contributed by atoms with Gasteiger partial charge < -0.3 is 10.5 Å². The Morgan fingerprint density at radius 3 is 2.41 bits per heavy atom. The third kappa shape index (κ3) is 6.51. The summed E-state index contributed by atoms with van der Waals surface area (Å²) in [7, 11) is 0. The number of halogens is 1. The second kappa shape index (κ2) is 10.9. The Morgan fingerprint density at radius 2 is 1.70 bits per heavy atom. The van der Waals surface area contributed by atoms with Gasteiger partial charge in [0.25, 0.3) is 0 Å². The second-order valence-corrected chi connectivity index (χ2v) is 7.44. The molecule has 2 aromatic rings. The van der Waals surface area contributed by atoms with Crippen molar-refractivity contribution in [2.75, 3.05) is 12.3 Å². The fourth-order valence-corrected chi connectivity index (χ4v) is 3.08. The molecule has 2 rings (SSSR count).